The van der Waals surface area contributed by atoms with Gasteiger partial charge in [-0.25, -0.2) is 4.68 Å². The number of aromatic amines is 1. The molecule has 2 heterocycles. The Labute approximate surface area is 110 Å². The van der Waals surface area contributed by atoms with E-state index in [1.54, 1.807) is 10.8 Å². The molecule has 0 radical (unpaired) electrons. The lowest BCUT2D eigenvalue weighted by Gasteiger charge is -2.06. The lowest BCUT2D eigenvalue weighted by Crippen LogP contribution is -2.15. The van der Waals surface area contributed by atoms with E-state index in [0.29, 0.717) is 30.1 Å². The van der Waals surface area contributed by atoms with E-state index >= 15 is 0 Å². The van der Waals surface area contributed by atoms with E-state index in [2.05, 4.69) is 33.5 Å². The summed E-state index contributed by atoms with van der Waals surface area (Å²) in [7, 11) is 0. The molecule has 2 aromatic rings. The number of rotatable bonds is 6. The van der Waals surface area contributed by atoms with Crippen molar-refractivity contribution in [2.75, 3.05) is 11.9 Å². The molecule has 0 atom stereocenters. The van der Waals surface area contributed by atoms with Gasteiger partial charge in [0.2, 0.25) is 5.95 Å². The SMILES string of the molecule is C=CCn1ncc2c(=O)[nH]c(NCC(=C)CC)nc21. The van der Waals surface area contributed by atoms with Crippen molar-refractivity contribution in [2.45, 2.75) is 19.9 Å². The normalized spacial score (nSPS) is 10.6. The first-order chi connectivity index (χ1) is 9.15. The van der Waals surface area contributed by atoms with Crippen molar-refractivity contribution in [1.29, 1.82) is 0 Å². The molecule has 19 heavy (non-hydrogen) atoms. The van der Waals surface area contributed by atoms with Crippen molar-refractivity contribution < 1.29 is 0 Å². The van der Waals surface area contributed by atoms with E-state index in [0.717, 1.165) is 12.0 Å². The quantitative estimate of drug-likeness (QED) is 0.774. The second-order valence-electron chi connectivity index (χ2n) is 4.22. The average molecular weight is 259 g/mol. The third-order valence-electron chi connectivity index (χ3n) is 2.81. The topological polar surface area (TPSA) is 75.6 Å². The van der Waals surface area contributed by atoms with Gasteiger partial charge in [-0.15, -0.1) is 6.58 Å². The summed E-state index contributed by atoms with van der Waals surface area (Å²) in [4.78, 5) is 18.9. The van der Waals surface area contributed by atoms with Crippen molar-refractivity contribution in [3.05, 3.63) is 41.4 Å². The molecule has 0 aromatic carbocycles. The van der Waals surface area contributed by atoms with Crippen molar-refractivity contribution >= 4 is 17.0 Å². The molecule has 2 aromatic heterocycles. The zero-order chi connectivity index (χ0) is 13.8. The molecule has 0 spiro atoms. The Bertz CT molecular complexity index is 667. The first-order valence-electron chi connectivity index (χ1n) is 6.13. The maximum atomic E-state index is 11.9. The maximum Gasteiger partial charge on any atom is 0.263 e. The summed E-state index contributed by atoms with van der Waals surface area (Å²) in [6.45, 7) is 10.7. The number of nitrogens with zero attached hydrogens (tertiary/aromatic N) is 3. The highest BCUT2D eigenvalue weighted by Crippen LogP contribution is 2.09. The number of nitrogens with one attached hydrogen (secondary N) is 2. The summed E-state index contributed by atoms with van der Waals surface area (Å²) in [6, 6.07) is 0. The summed E-state index contributed by atoms with van der Waals surface area (Å²) < 4.78 is 1.64. The highest BCUT2D eigenvalue weighted by Gasteiger charge is 2.09. The number of hydrogen-bond acceptors (Lipinski definition) is 4. The summed E-state index contributed by atoms with van der Waals surface area (Å²) in [5.41, 5.74) is 1.39. The number of hydrogen-bond donors (Lipinski definition) is 2. The van der Waals surface area contributed by atoms with E-state index in [4.69, 9.17) is 0 Å². The Hall–Kier alpha value is -2.37. The second-order valence-corrected chi connectivity index (χ2v) is 4.22. The van der Waals surface area contributed by atoms with Gasteiger partial charge >= 0.3 is 0 Å². The van der Waals surface area contributed by atoms with Gasteiger partial charge in [-0.3, -0.25) is 9.78 Å². The molecule has 0 aliphatic rings. The van der Waals surface area contributed by atoms with Gasteiger partial charge in [0.1, 0.15) is 5.39 Å². The Morgan fingerprint density at radius 2 is 2.42 bits per heavy atom. The zero-order valence-electron chi connectivity index (χ0n) is 10.9. The Morgan fingerprint density at radius 3 is 3.11 bits per heavy atom. The van der Waals surface area contributed by atoms with E-state index in [9.17, 15) is 4.79 Å². The molecular formula is C13H17N5O. The molecular weight excluding hydrogens is 242 g/mol. The fraction of sp³-hybridized carbons (Fsp3) is 0.308. The molecule has 0 fully saturated rings. The van der Waals surface area contributed by atoms with Gasteiger partial charge in [0.25, 0.3) is 5.56 Å². The molecule has 0 unspecified atom stereocenters. The molecule has 0 bridgehead atoms. The van der Waals surface area contributed by atoms with Crippen molar-refractivity contribution in [3.63, 3.8) is 0 Å². The van der Waals surface area contributed by atoms with E-state index in [1.807, 2.05) is 6.92 Å². The molecule has 2 rings (SSSR count). The van der Waals surface area contributed by atoms with Crippen LogP contribution in [0.3, 0.4) is 0 Å². The van der Waals surface area contributed by atoms with Gasteiger partial charge in [-0.1, -0.05) is 25.2 Å². The van der Waals surface area contributed by atoms with Gasteiger partial charge in [-0.2, -0.15) is 10.1 Å². The number of allylic oxidation sites excluding steroid dienone is 1. The molecule has 6 heteroatoms. The minimum atomic E-state index is -0.204. The van der Waals surface area contributed by atoms with Crippen molar-refractivity contribution in [1.82, 2.24) is 19.7 Å². The highest BCUT2D eigenvalue weighted by atomic mass is 16.1. The fourth-order valence-electron chi connectivity index (χ4n) is 1.64. The third-order valence-corrected chi connectivity index (χ3v) is 2.81. The van der Waals surface area contributed by atoms with Gasteiger partial charge in [0.15, 0.2) is 5.65 Å². The first-order valence-corrected chi connectivity index (χ1v) is 6.13. The summed E-state index contributed by atoms with van der Waals surface area (Å²) in [5.74, 6) is 0.429. The largest absolute Gasteiger partial charge is 0.352 e. The van der Waals surface area contributed by atoms with Crippen LogP contribution in [0.2, 0.25) is 0 Å². The predicted molar refractivity (Wildman–Crippen MR) is 76.3 cm³/mol. The molecule has 0 amide bonds. The smallest absolute Gasteiger partial charge is 0.263 e. The van der Waals surface area contributed by atoms with Crippen LogP contribution in [0.15, 0.2) is 35.8 Å². The van der Waals surface area contributed by atoms with E-state index in [1.165, 1.54) is 6.20 Å². The molecule has 0 aliphatic heterocycles. The molecule has 0 aliphatic carbocycles. The van der Waals surface area contributed by atoms with Crippen LogP contribution in [0.4, 0.5) is 5.95 Å². The maximum absolute atomic E-state index is 11.9. The summed E-state index contributed by atoms with van der Waals surface area (Å²) in [5, 5.41) is 7.64. The zero-order valence-corrected chi connectivity index (χ0v) is 10.9. The van der Waals surface area contributed by atoms with Crippen LogP contribution in [-0.2, 0) is 6.54 Å². The lowest BCUT2D eigenvalue weighted by molar-refractivity contribution is 0.720. The number of aromatic nitrogens is 4. The molecule has 100 valence electrons. The minimum absolute atomic E-state index is 0.204. The molecule has 6 nitrogen and oxygen atoms in total. The average Bonchev–Trinajstić information content (AvgIpc) is 2.80. The van der Waals surface area contributed by atoms with Crippen LogP contribution in [-0.4, -0.2) is 26.3 Å². The summed E-state index contributed by atoms with van der Waals surface area (Å²) >= 11 is 0. The van der Waals surface area contributed by atoms with Crippen molar-refractivity contribution in [3.8, 4) is 0 Å². The van der Waals surface area contributed by atoms with E-state index in [-0.39, 0.29) is 5.56 Å². The predicted octanol–water partition coefficient (Wildman–Crippen LogP) is 1.68. The standard InChI is InChI=1S/C13H17N5O/c1-4-6-18-11-10(8-15-18)12(19)17-13(16-11)14-7-9(3)5-2/h4,8H,1,3,5-7H2,2H3,(H2,14,16,17,19). The Kier molecular flexibility index (Phi) is 3.79. The van der Waals surface area contributed by atoms with Gasteiger partial charge in [0.05, 0.1) is 12.7 Å². The van der Waals surface area contributed by atoms with Crippen LogP contribution in [0, 0.1) is 0 Å². The summed E-state index contributed by atoms with van der Waals surface area (Å²) in [6.07, 6.45) is 4.11. The van der Waals surface area contributed by atoms with Crippen LogP contribution in [0.5, 0.6) is 0 Å². The number of anilines is 1. The molecule has 0 saturated carbocycles. The molecule has 0 saturated heterocycles. The van der Waals surface area contributed by atoms with Crippen molar-refractivity contribution in [2.24, 2.45) is 0 Å². The monoisotopic (exact) mass is 259 g/mol. The van der Waals surface area contributed by atoms with Crippen LogP contribution >= 0.6 is 0 Å². The highest BCUT2D eigenvalue weighted by molar-refractivity contribution is 5.74. The Balaban J connectivity index is 2.35. The Morgan fingerprint density at radius 1 is 1.63 bits per heavy atom. The van der Waals surface area contributed by atoms with Crippen LogP contribution in [0.25, 0.3) is 11.0 Å². The van der Waals surface area contributed by atoms with Crippen LogP contribution in [0.1, 0.15) is 13.3 Å². The van der Waals surface area contributed by atoms with E-state index < -0.39 is 0 Å². The van der Waals surface area contributed by atoms with Gasteiger partial charge in [0, 0.05) is 6.54 Å². The van der Waals surface area contributed by atoms with Gasteiger partial charge in [-0.05, 0) is 6.42 Å². The molecule has 2 N–H and O–H groups in total. The minimum Gasteiger partial charge on any atom is -0.352 e. The van der Waals surface area contributed by atoms with Gasteiger partial charge < -0.3 is 5.32 Å². The number of H-pyrrole nitrogens is 1. The first kappa shape index (κ1) is 13.1. The second kappa shape index (κ2) is 5.51. The van der Waals surface area contributed by atoms with Crippen LogP contribution < -0.4 is 10.9 Å². The fourth-order valence-corrected chi connectivity index (χ4v) is 1.64. The third kappa shape index (κ3) is 2.73. The number of fused-ring (bicyclic) bond motifs is 1. The lowest BCUT2D eigenvalue weighted by atomic mass is 10.2.